The standard InChI is InChI=1S/C9H18NO4P/c1-9(2,3)14-8(11)10-6-5-7-15(12)13-4/h5-7H2,1-4H3/p+1. The van der Waals surface area contributed by atoms with Crippen LogP contribution in [-0.2, 0) is 13.8 Å². The lowest BCUT2D eigenvalue weighted by atomic mass is 10.2. The molecule has 0 fully saturated rings. The zero-order chi connectivity index (χ0) is 11.9. The van der Waals surface area contributed by atoms with E-state index in [2.05, 4.69) is 9.84 Å². The van der Waals surface area contributed by atoms with Crippen LogP contribution in [0.5, 0.6) is 0 Å². The van der Waals surface area contributed by atoms with Gasteiger partial charge in [-0.25, -0.2) is 4.79 Å². The summed E-state index contributed by atoms with van der Waals surface area (Å²) >= 11 is 0. The van der Waals surface area contributed by atoms with Crippen molar-refractivity contribution in [1.82, 2.24) is 5.32 Å². The lowest BCUT2D eigenvalue weighted by molar-refractivity contribution is 0.0528. The number of rotatable bonds is 5. The monoisotopic (exact) mass is 236 g/mol. The number of carbonyl (C=O) groups excluding carboxylic acids is 1. The summed E-state index contributed by atoms with van der Waals surface area (Å²) in [4.78, 5) is 11.1. The van der Waals surface area contributed by atoms with Crippen LogP contribution >= 0.6 is 8.03 Å². The Morgan fingerprint density at radius 1 is 1.40 bits per heavy atom. The quantitative estimate of drug-likeness (QED) is 0.587. The van der Waals surface area contributed by atoms with E-state index in [1.807, 2.05) is 0 Å². The topological polar surface area (TPSA) is 64.6 Å². The Balaban J connectivity index is 3.52. The third-order valence-corrected chi connectivity index (χ3v) is 2.48. The maximum absolute atomic E-state index is 11.1. The molecule has 1 atom stereocenters. The van der Waals surface area contributed by atoms with Crippen LogP contribution in [-0.4, -0.2) is 31.5 Å². The lowest BCUT2D eigenvalue weighted by Crippen LogP contribution is -2.33. The van der Waals surface area contributed by atoms with Gasteiger partial charge in [0.2, 0.25) is 0 Å². The van der Waals surface area contributed by atoms with E-state index in [1.165, 1.54) is 7.11 Å². The van der Waals surface area contributed by atoms with Crippen LogP contribution in [0.2, 0.25) is 0 Å². The molecule has 6 heteroatoms. The molecule has 88 valence electrons. The number of hydrogen-bond acceptors (Lipinski definition) is 4. The molecule has 1 unspecified atom stereocenters. The van der Waals surface area contributed by atoms with Crippen LogP contribution in [0.15, 0.2) is 0 Å². The molecule has 0 saturated carbocycles. The van der Waals surface area contributed by atoms with Crippen LogP contribution < -0.4 is 5.32 Å². The van der Waals surface area contributed by atoms with E-state index in [4.69, 9.17) is 4.74 Å². The van der Waals surface area contributed by atoms with Gasteiger partial charge >= 0.3 is 14.1 Å². The molecule has 0 heterocycles. The van der Waals surface area contributed by atoms with Gasteiger partial charge in [0.1, 0.15) is 5.60 Å². The van der Waals surface area contributed by atoms with Gasteiger partial charge in [-0.15, -0.1) is 4.52 Å². The third kappa shape index (κ3) is 9.63. The molecule has 0 bridgehead atoms. The number of ether oxygens (including phenoxy) is 1. The minimum atomic E-state index is -1.58. The molecule has 0 rings (SSSR count). The maximum Gasteiger partial charge on any atom is 0.507 e. The van der Waals surface area contributed by atoms with Crippen molar-refractivity contribution < 1.29 is 18.6 Å². The molecule has 0 aromatic rings. The van der Waals surface area contributed by atoms with Gasteiger partial charge in [-0.05, 0) is 25.3 Å². The first-order valence-corrected chi connectivity index (χ1v) is 6.17. The van der Waals surface area contributed by atoms with E-state index in [1.54, 1.807) is 20.8 Å². The summed E-state index contributed by atoms with van der Waals surface area (Å²) < 4.78 is 20.5. The first-order chi connectivity index (χ1) is 6.85. The van der Waals surface area contributed by atoms with Gasteiger partial charge in [-0.3, -0.25) is 0 Å². The van der Waals surface area contributed by atoms with Crippen LogP contribution in [0.3, 0.4) is 0 Å². The fourth-order valence-corrected chi connectivity index (χ4v) is 1.40. The summed E-state index contributed by atoms with van der Waals surface area (Å²) in [7, 11) is -0.175. The molecule has 0 aromatic carbocycles. The average molecular weight is 236 g/mol. The Bertz CT molecular complexity index is 225. The largest absolute Gasteiger partial charge is 0.507 e. The first kappa shape index (κ1) is 14.3. The zero-order valence-corrected chi connectivity index (χ0v) is 10.6. The summed E-state index contributed by atoms with van der Waals surface area (Å²) in [5.41, 5.74) is -0.484. The summed E-state index contributed by atoms with van der Waals surface area (Å²) in [6.45, 7) is 5.84. The fraction of sp³-hybridized carbons (Fsp3) is 0.889. The second-order valence-corrected chi connectivity index (χ2v) is 5.50. The minimum Gasteiger partial charge on any atom is -0.444 e. The third-order valence-electron chi connectivity index (χ3n) is 1.39. The molecule has 15 heavy (non-hydrogen) atoms. The van der Waals surface area contributed by atoms with Crippen molar-refractivity contribution in [1.29, 1.82) is 0 Å². The highest BCUT2D eigenvalue weighted by molar-refractivity contribution is 7.39. The van der Waals surface area contributed by atoms with Crippen molar-refractivity contribution in [3.8, 4) is 0 Å². The summed E-state index contributed by atoms with van der Waals surface area (Å²) in [5, 5.41) is 2.57. The van der Waals surface area contributed by atoms with Crippen LogP contribution in [0.1, 0.15) is 27.2 Å². The SMILES string of the molecule is CO[P+](=O)CCCNC(=O)OC(C)(C)C. The molecule has 0 aromatic heterocycles. The predicted molar refractivity (Wildman–Crippen MR) is 58.3 cm³/mol. The van der Waals surface area contributed by atoms with Crippen molar-refractivity contribution in [3.63, 3.8) is 0 Å². The average Bonchev–Trinajstić information content (AvgIpc) is 2.09. The van der Waals surface area contributed by atoms with Crippen LogP contribution in [0.25, 0.3) is 0 Å². The van der Waals surface area contributed by atoms with Gasteiger partial charge in [0.05, 0.1) is 7.11 Å². The highest BCUT2D eigenvalue weighted by Gasteiger charge is 2.17. The van der Waals surface area contributed by atoms with Crippen molar-refractivity contribution in [2.24, 2.45) is 0 Å². The van der Waals surface area contributed by atoms with E-state index in [9.17, 15) is 9.36 Å². The Morgan fingerprint density at radius 3 is 2.47 bits per heavy atom. The number of carbonyl (C=O) groups is 1. The fourth-order valence-electron chi connectivity index (χ4n) is 0.804. The number of hydrogen-bond donors (Lipinski definition) is 1. The van der Waals surface area contributed by atoms with E-state index in [0.29, 0.717) is 19.1 Å². The minimum absolute atomic E-state index is 0.444. The Hall–Kier alpha value is -0.670. The van der Waals surface area contributed by atoms with Crippen molar-refractivity contribution in [2.45, 2.75) is 32.8 Å². The van der Waals surface area contributed by atoms with E-state index in [-0.39, 0.29) is 0 Å². The van der Waals surface area contributed by atoms with Crippen molar-refractivity contribution in [3.05, 3.63) is 0 Å². The normalized spacial score (nSPS) is 12.1. The highest BCUT2D eigenvalue weighted by Crippen LogP contribution is 2.20. The van der Waals surface area contributed by atoms with Gasteiger partial charge in [-0.2, -0.15) is 0 Å². The molecule has 5 nitrogen and oxygen atoms in total. The van der Waals surface area contributed by atoms with E-state index in [0.717, 1.165) is 0 Å². The second-order valence-electron chi connectivity index (χ2n) is 4.02. The summed E-state index contributed by atoms with van der Waals surface area (Å²) in [6, 6.07) is 0. The molecular formula is C9H19NO4P+. The molecule has 0 saturated heterocycles. The Morgan fingerprint density at radius 2 is 2.00 bits per heavy atom. The summed E-state index contributed by atoms with van der Waals surface area (Å²) in [5.74, 6) is 0. The van der Waals surface area contributed by atoms with Crippen molar-refractivity contribution in [2.75, 3.05) is 19.8 Å². The lowest BCUT2D eigenvalue weighted by Gasteiger charge is -2.19. The highest BCUT2D eigenvalue weighted by atomic mass is 31.1. The first-order valence-electron chi connectivity index (χ1n) is 4.81. The molecule has 0 aliphatic rings. The number of alkyl carbamates (subject to hydrolysis) is 1. The molecule has 0 aliphatic heterocycles. The van der Waals surface area contributed by atoms with Gasteiger partial charge in [0.15, 0.2) is 6.16 Å². The number of amides is 1. The smallest absolute Gasteiger partial charge is 0.444 e. The molecule has 0 radical (unpaired) electrons. The Kier molecular flexibility index (Phi) is 6.45. The molecule has 1 amide bonds. The summed E-state index contributed by atoms with van der Waals surface area (Å²) in [6.07, 6.45) is 0.611. The molecule has 0 spiro atoms. The van der Waals surface area contributed by atoms with E-state index >= 15 is 0 Å². The van der Waals surface area contributed by atoms with Gasteiger partial charge in [0, 0.05) is 13.0 Å². The zero-order valence-electron chi connectivity index (χ0n) is 9.70. The second kappa shape index (κ2) is 6.75. The van der Waals surface area contributed by atoms with E-state index < -0.39 is 19.7 Å². The predicted octanol–water partition coefficient (Wildman–Crippen LogP) is 2.29. The molecule has 0 aliphatic carbocycles. The Labute approximate surface area is 91.4 Å². The van der Waals surface area contributed by atoms with Gasteiger partial charge in [-0.1, -0.05) is 0 Å². The van der Waals surface area contributed by atoms with Gasteiger partial charge in [0.25, 0.3) is 0 Å². The van der Waals surface area contributed by atoms with Crippen LogP contribution in [0.4, 0.5) is 4.79 Å². The molecule has 1 N–H and O–H groups in total. The van der Waals surface area contributed by atoms with Crippen LogP contribution in [0, 0.1) is 0 Å². The number of nitrogens with one attached hydrogen (secondary N) is 1. The van der Waals surface area contributed by atoms with Crippen molar-refractivity contribution >= 4 is 14.1 Å². The maximum atomic E-state index is 11.1. The molecular weight excluding hydrogens is 217 g/mol. The van der Waals surface area contributed by atoms with Gasteiger partial charge < -0.3 is 10.1 Å².